The fourth-order valence-electron chi connectivity index (χ4n) is 4.76. The second-order valence-corrected chi connectivity index (χ2v) is 8.69. The molecule has 0 bridgehead atoms. The van der Waals surface area contributed by atoms with Crippen LogP contribution in [0.4, 0.5) is 0 Å². The molecule has 0 radical (unpaired) electrons. The Hall–Kier alpha value is -1.22. The van der Waals surface area contributed by atoms with E-state index in [0.717, 1.165) is 16.7 Å². The standard InChI is InChI=1S/C20H26O7/c1-10-6-7-12-11(14(10)21)8-23-20(12)15(13-9-22-18(2,3)25-13)24-17-16(20)26-19(4,5)27-17/h6-7,13,15-17,21H,8-9H2,1-5H3/t13-,15-,16+,17-,20-/m1/s1. The van der Waals surface area contributed by atoms with E-state index in [-0.39, 0.29) is 18.5 Å². The van der Waals surface area contributed by atoms with Crippen LogP contribution in [0.25, 0.3) is 0 Å². The van der Waals surface area contributed by atoms with Crippen molar-refractivity contribution in [1.82, 2.24) is 0 Å². The molecule has 0 amide bonds. The quantitative estimate of drug-likeness (QED) is 0.804. The summed E-state index contributed by atoms with van der Waals surface area (Å²) in [6.07, 6.45) is -1.86. The molecule has 0 aliphatic carbocycles. The molecule has 1 aromatic rings. The number of phenolic OH excluding ortho intramolecular Hbond substituents is 1. The first kappa shape index (κ1) is 17.8. The minimum Gasteiger partial charge on any atom is -0.507 e. The van der Waals surface area contributed by atoms with E-state index in [1.165, 1.54) is 0 Å². The molecule has 3 fully saturated rings. The van der Waals surface area contributed by atoms with Crippen LogP contribution in [-0.4, -0.2) is 47.9 Å². The maximum Gasteiger partial charge on any atom is 0.191 e. The third-order valence-corrected chi connectivity index (χ3v) is 5.91. The molecule has 1 aromatic carbocycles. The Balaban J connectivity index is 1.62. The Morgan fingerprint density at radius 2 is 1.74 bits per heavy atom. The zero-order valence-electron chi connectivity index (χ0n) is 16.3. The van der Waals surface area contributed by atoms with Crippen LogP contribution >= 0.6 is 0 Å². The van der Waals surface area contributed by atoms with Crippen LogP contribution in [-0.2, 0) is 40.6 Å². The van der Waals surface area contributed by atoms with Gasteiger partial charge in [-0.15, -0.1) is 0 Å². The topological polar surface area (TPSA) is 75.6 Å². The van der Waals surface area contributed by atoms with Gasteiger partial charge in [-0.3, -0.25) is 0 Å². The van der Waals surface area contributed by atoms with Gasteiger partial charge >= 0.3 is 0 Å². The Kier molecular flexibility index (Phi) is 3.59. The first-order valence-corrected chi connectivity index (χ1v) is 9.42. The van der Waals surface area contributed by atoms with Gasteiger partial charge in [-0.05, 0) is 45.7 Å². The number of fused-ring (bicyclic) bond motifs is 4. The Morgan fingerprint density at radius 3 is 2.44 bits per heavy atom. The van der Waals surface area contributed by atoms with Crippen LogP contribution in [0.2, 0.25) is 0 Å². The number of rotatable bonds is 1. The van der Waals surface area contributed by atoms with Crippen LogP contribution < -0.4 is 0 Å². The largest absolute Gasteiger partial charge is 0.507 e. The van der Waals surface area contributed by atoms with E-state index in [1.807, 2.05) is 46.8 Å². The highest BCUT2D eigenvalue weighted by molar-refractivity contribution is 5.51. The van der Waals surface area contributed by atoms with Crippen molar-refractivity contribution in [2.24, 2.45) is 0 Å². The summed E-state index contributed by atoms with van der Waals surface area (Å²) in [6, 6.07) is 3.89. The van der Waals surface area contributed by atoms with Gasteiger partial charge in [-0.25, -0.2) is 0 Å². The summed E-state index contributed by atoms with van der Waals surface area (Å²) in [6.45, 7) is 10.0. The number of ether oxygens (including phenoxy) is 6. The SMILES string of the molecule is Cc1ccc2c(c1O)CO[C@@]21[C@@H]([C@H]2COC(C)(C)O2)O[C@@H]2OC(C)(C)O[C@@H]21. The molecule has 27 heavy (non-hydrogen) atoms. The molecule has 148 valence electrons. The third kappa shape index (κ3) is 2.43. The zero-order valence-corrected chi connectivity index (χ0v) is 16.3. The van der Waals surface area contributed by atoms with Gasteiger partial charge in [0.15, 0.2) is 23.5 Å². The van der Waals surface area contributed by atoms with Crippen molar-refractivity contribution in [2.45, 2.75) is 83.0 Å². The number of hydrogen-bond acceptors (Lipinski definition) is 7. The lowest BCUT2D eigenvalue weighted by atomic mass is 9.81. The molecule has 5 rings (SSSR count). The van der Waals surface area contributed by atoms with Crippen LogP contribution in [0.3, 0.4) is 0 Å². The number of hydrogen-bond donors (Lipinski definition) is 1. The minimum atomic E-state index is -0.923. The van der Waals surface area contributed by atoms with Crippen molar-refractivity contribution in [3.05, 3.63) is 28.8 Å². The van der Waals surface area contributed by atoms with Crippen molar-refractivity contribution >= 4 is 0 Å². The molecule has 3 saturated heterocycles. The van der Waals surface area contributed by atoms with Crippen molar-refractivity contribution < 1.29 is 33.5 Å². The molecule has 1 spiro atoms. The van der Waals surface area contributed by atoms with E-state index >= 15 is 0 Å². The van der Waals surface area contributed by atoms with E-state index in [4.69, 9.17) is 28.4 Å². The predicted octanol–water partition coefficient (Wildman–Crippen LogP) is 2.45. The Labute approximate surface area is 158 Å². The second-order valence-electron chi connectivity index (χ2n) is 8.69. The summed E-state index contributed by atoms with van der Waals surface area (Å²) in [5.74, 6) is -1.21. The average molecular weight is 378 g/mol. The van der Waals surface area contributed by atoms with Gasteiger partial charge in [0.25, 0.3) is 0 Å². The van der Waals surface area contributed by atoms with E-state index < -0.39 is 35.7 Å². The molecule has 4 aliphatic rings. The molecule has 4 aliphatic heterocycles. The van der Waals surface area contributed by atoms with Gasteiger partial charge in [0, 0.05) is 5.56 Å². The number of phenols is 1. The third-order valence-electron chi connectivity index (χ3n) is 5.91. The van der Waals surface area contributed by atoms with E-state index in [0.29, 0.717) is 6.61 Å². The van der Waals surface area contributed by atoms with Crippen LogP contribution in [0.15, 0.2) is 12.1 Å². The highest BCUT2D eigenvalue weighted by atomic mass is 16.9. The lowest BCUT2D eigenvalue weighted by molar-refractivity contribution is -0.256. The molecule has 5 atom stereocenters. The van der Waals surface area contributed by atoms with Crippen LogP contribution in [0.1, 0.15) is 44.4 Å². The zero-order chi connectivity index (χ0) is 19.2. The molecule has 1 N–H and O–H groups in total. The summed E-state index contributed by atoms with van der Waals surface area (Å²) in [5.41, 5.74) is 1.54. The number of aromatic hydroxyl groups is 1. The van der Waals surface area contributed by atoms with Crippen LogP contribution in [0.5, 0.6) is 5.75 Å². The molecule has 0 saturated carbocycles. The highest BCUT2D eigenvalue weighted by Gasteiger charge is 2.70. The van der Waals surface area contributed by atoms with Gasteiger partial charge in [0.1, 0.15) is 24.1 Å². The molecule has 4 heterocycles. The minimum absolute atomic E-state index is 0.258. The summed E-state index contributed by atoms with van der Waals surface area (Å²) < 4.78 is 36.8. The molecule has 0 unspecified atom stereocenters. The maximum absolute atomic E-state index is 10.6. The summed E-state index contributed by atoms with van der Waals surface area (Å²) in [7, 11) is 0. The van der Waals surface area contributed by atoms with E-state index in [2.05, 4.69) is 0 Å². The van der Waals surface area contributed by atoms with Crippen molar-refractivity contribution in [1.29, 1.82) is 0 Å². The normalized spacial score (nSPS) is 41.2. The van der Waals surface area contributed by atoms with Crippen molar-refractivity contribution in [2.75, 3.05) is 6.61 Å². The van der Waals surface area contributed by atoms with Crippen molar-refractivity contribution in [3.63, 3.8) is 0 Å². The summed E-state index contributed by atoms with van der Waals surface area (Å²) in [4.78, 5) is 0. The fraction of sp³-hybridized carbons (Fsp3) is 0.700. The lowest BCUT2D eigenvalue weighted by Gasteiger charge is -2.37. The predicted molar refractivity (Wildman–Crippen MR) is 92.9 cm³/mol. The van der Waals surface area contributed by atoms with Gasteiger partial charge in [-0.2, -0.15) is 0 Å². The monoisotopic (exact) mass is 378 g/mol. The highest BCUT2D eigenvalue weighted by Crippen LogP contribution is 2.57. The number of aryl methyl sites for hydroxylation is 1. The fourth-order valence-corrected chi connectivity index (χ4v) is 4.76. The number of benzene rings is 1. The van der Waals surface area contributed by atoms with Gasteiger partial charge in [0.2, 0.25) is 0 Å². The molecule has 7 heteroatoms. The van der Waals surface area contributed by atoms with E-state index in [1.54, 1.807) is 0 Å². The molecule has 0 aromatic heterocycles. The first-order valence-electron chi connectivity index (χ1n) is 9.42. The van der Waals surface area contributed by atoms with Crippen LogP contribution in [0, 0.1) is 6.92 Å². The van der Waals surface area contributed by atoms with Crippen molar-refractivity contribution in [3.8, 4) is 5.75 Å². The lowest BCUT2D eigenvalue weighted by Crippen LogP contribution is -2.51. The summed E-state index contributed by atoms with van der Waals surface area (Å²) in [5, 5.41) is 10.6. The molecule has 7 nitrogen and oxygen atoms in total. The van der Waals surface area contributed by atoms with Gasteiger partial charge in [0.05, 0.1) is 13.2 Å². The maximum atomic E-state index is 10.6. The molecular weight excluding hydrogens is 352 g/mol. The van der Waals surface area contributed by atoms with Gasteiger partial charge < -0.3 is 33.5 Å². The van der Waals surface area contributed by atoms with Gasteiger partial charge in [-0.1, -0.05) is 12.1 Å². The summed E-state index contributed by atoms with van der Waals surface area (Å²) >= 11 is 0. The first-order chi connectivity index (χ1) is 12.6. The Morgan fingerprint density at radius 1 is 0.963 bits per heavy atom. The molecular formula is C20H26O7. The smallest absolute Gasteiger partial charge is 0.191 e. The average Bonchev–Trinajstić information content (AvgIpc) is 3.27. The Bertz CT molecular complexity index is 789. The van der Waals surface area contributed by atoms with E-state index in [9.17, 15) is 5.11 Å². The second kappa shape index (κ2) is 5.43.